The molecule has 93 valence electrons. The number of carbonyl (C=O) groups is 1. The molecule has 4 nitrogen and oxygen atoms in total. The van der Waals surface area contributed by atoms with Crippen molar-refractivity contribution >= 4 is 5.97 Å². The molecule has 0 unspecified atom stereocenters. The van der Waals surface area contributed by atoms with E-state index in [0.717, 1.165) is 25.7 Å². The van der Waals surface area contributed by atoms with Crippen molar-refractivity contribution in [3.05, 3.63) is 25.5 Å². The van der Waals surface area contributed by atoms with Gasteiger partial charge in [0, 0.05) is 6.42 Å². The molecule has 0 spiro atoms. The molecule has 0 aliphatic carbocycles. The van der Waals surface area contributed by atoms with E-state index in [2.05, 4.69) is 33.9 Å². The van der Waals surface area contributed by atoms with Gasteiger partial charge in [-0.1, -0.05) is 19.4 Å². The van der Waals surface area contributed by atoms with E-state index in [1.165, 1.54) is 13.3 Å². The van der Waals surface area contributed by atoms with Crippen LogP contribution in [0.2, 0.25) is 0 Å². The van der Waals surface area contributed by atoms with Gasteiger partial charge in [-0.3, -0.25) is 4.79 Å². The number of carbonyl (C=O) groups excluding carboxylic acids is 1. The van der Waals surface area contributed by atoms with E-state index in [-0.39, 0.29) is 5.97 Å². The Labute approximate surface area is 100 Å². The van der Waals surface area contributed by atoms with Crippen LogP contribution < -0.4 is 0 Å². The first-order valence-corrected chi connectivity index (χ1v) is 4.97. The Hall–Kier alpha value is -0.524. The van der Waals surface area contributed by atoms with Crippen molar-refractivity contribution in [3.8, 4) is 0 Å². The minimum absolute atomic E-state index is 0.191. The molecule has 0 amide bonds. The van der Waals surface area contributed by atoms with Gasteiger partial charge >= 0.3 is 25.5 Å². The number of nitrogens with one attached hydrogen (secondary N) is 1. The minimum atomic E-state index is -0.191. The molecule has 0 aliphatic heterocycles. The molecule has 0 atom stereocenters. The average molecular weight is 260 g/mol. The number of hydrogen-bond acceptors (Lipinski definition) is 3. The van der Waals surface area contributed by atoms with Gasteiger partial charge in [0.05, 0.1) is 6.26 Å². The van der Waals surface area contributed by atoms with Gasteiger partial charge in [0.1, 0.15) is 0 Å². The quantitative estimate of drug-likeness (QED) is 0.319. The Bertz CT molecular complexity index is 143. The third kappa shape index (κ3) is 24.7. The molecule has 0 saturated heterocycles. The van der Waals surface area contributed by atoms with E-state index in [1.54, 1.807) is 0 Å². The predicted molar refractivity (Wildman–Crippen MR) is 55.7 cm³/mol. The van der Waals surface area contributed by atoms with Gasteiger partial charge in [-0.15, -0.1) is 0 Å². The summed E-state index contributed by atoms with van der Waals surface area (Å²) in [5.74, 6) is -0.191. The molecule has 0 bridgehead atoms. The monoisotopic (exact) mass is 260 g/mol. The summed E-state index contributed by atoms with van der Waals surface area (Å²) in [6.45, 7) is 7.00. The van der Waals surface area contributed by atoms with Crippen LogP contribution in [-0.2, 0) is 29.1 Å². The van der Waals surface area contributed by atoms with E-state index < -0.39 is 0 Å². The van der Waals surface area contributed by atoms with Gasteiger partial charge in [-0.05, 0) is 6.42 Å². The van der Waals surface area contributed by atoms with Crippen LogP contribution in [-0.4, -0.2) is 13.0 Å². The third-order valence-corrected chi connectivity index (χ3v) is 1.35. The van der Waals surface area contributed by atoms with Crippen molar-refractivity contribution in [2.75, 3.05) is 7.05 Å². The van der Waals surface area contributed by atoms with Crippen molar-refractivity contribution in [1.29, 1.82) is 0 Å². The van der Waals surface area contributed by atoms with Gasteiger partial charge in [0.25, 0.3) is 0 Å². The maximum absolute atomic E-state index is 10.7. The first-order valence-electron chi connectivity index (χ1n) is 4.54. The van der Waals surface area contributed by atoms with Crippen molar-refractivity contribution in [3.63, 3.8) is 0 Å². The summed E-state index contributed by atoms with van der Waals surface area (Å²) < 4.78 is 12.5. The fourth-order valence-electron chi connectivity index (χ4n) is 0.775. The Morgan fingerprint density at radius 3 is 2.33 bits per heavy atom. The molecule has 0 aromatic rings. The number of hydrogen-bond donors (Lipinski definition) is 0. The van der Waals surface area contributed by atoms with E-state index in [9.17, 15) is 4.79 Å². The van der Waals surface area contributed by atoms with E-state index in [1.807, 2.05) is 0 Å². The van der Waals surface area contributed by atoms with Crippen LogP contribution in [0.25, 0.3) is 5.73 Å². The van der Waals surface area contributed by atoms with Gasteiger partial charge in [0.15, 0.2) is 0 Å². The Morgan fingerprint density at radius 2 is 1.93 bits per heavy atom. The maximum atomic E-state index is 10.7. The van der Waals surface area contributed by atoms with Gasteiger partial charge in [0.2, 0.25) is 0 Å². The van der Waals surface area contributed by atoms with Gasteiger partial charge < -0.3 is 17.4 Å². The molecule has 15 heavy (non-hydrogen) atoms. The summed E-state index contributed by atoms with van der Waals surface area (Å²) in [4.78, 5) is 10.7. The molecule has 0 aromatic carbocycles. The summed E-state index contributed by atoms with van der Waals surface area (Å²) in [6.07, 6.45) is 5.63. The van der Waals surface area contributed by atoms with Crippen LogP contribution in [0, 0.1) is 6.92 Å². The summed E-state index contributed by atoms with van der Waals surface area (Å²) >= 11 is 2.31. The van der Waals surface area contributed by atoms with Crippen LogP contribution in [0.1, 0.15) is 32.1 Å². The second-order valence-corrected chi connectivity index (χ2v) is 2.32. The summed E-state index contributed by atoms with van der Waals surface area (Å²) in [5.41, 5.74) is 5.75. The fourth-order valence-corrected chi connectivity index (χ4v) is 0.775. The first-order chi connectivity index (χ1) is 7.31. The molecule has 1 N–H and O–H groups in total. The second kappa shape index (κ2) is 23.4. The van der Waals surface area contributed by atoms with E-state index >= 15 is 0 Å². The molecular formula is C10H19CoNO3-2. The Morgan fingerprint density at radius 1 is 1.40 bits per heavy atom. The van der Waals surface area contributed by atoms with Gasteiger partial charge in [-0.25, -0.2) is 0 Å². The Kier molecular flexibility index (Phi) is 31.1. The SMILES string of the molecule is C=COC(=O)CCCCC[CH2-].C[NH-].[O]=[Co]. The van der Waals surface area contributed by atoms with E-state index in [4.69, 9.17) is 9.60 Å². The number of esters is 1. The summed E-state index contributed by atoms with van der Waals surface area (Å²) in [7, 11) is 1.25. The number of rotatable bonds is 6. The topological polar surface area (TPSA) is 67.2 Å². The zero-order valence-corrected chi connectivity index (χ0v) is 10.1. The second-order valence-electron chi connectivity index (χ2n) is 2.32. The van der Waals surface area contributed by atoms with Crippen LogP contribution in [0.3, 0.4) is 0 Å². The van der Waals surface area contributed by atoms with Crippen LogP contribution in [0.5, 0.6) is 0 Å². The molecule has 0 aromatic heterocycles. The third-order valence-electron chi connectivity index (χ3n) is 1.35. The van der Waals surface area contributed by atoms with Crippen molar-refractivity contribution in [2.45, 2.75) is 32.1 Å². The molecule has 0 rings (SSSR count). The Balaban J connectivity index is -0.000000318. The first kappa shape index (κ1) is 20.0. The fraction of sp³-hybridized carbons (Fsp3) is 0.600. The van der Waals surface area contributed by atoms with Crippen molar-refractivity contribution in [2.24, 2.45) is 0 Å². The molecule has 0 fully saturated rings. The number of unbranched alkanes of at least 4 members (excludes halogenated alkanes) is 3. The average Bonchev–Trinajstić information content (AvgIpc) is 2.30. The molecule has 0 aliphatic rings. The van der Waals surface area contributed by atoms with Crippen LogP contribution >= 0.6 is 0 Å². The zero-order chi connectivity index (χ0) is 12.5. The van der Waals surface area contributed by atoms with Crippen molar-refractivity contribution in [1.82, 2.24) is 0 Å². The molecule has 0 heterocycles. The summed E-state index contributed by atoms with van der Waals surface area (Å²) in [6, 6.07) is 0. The number of ether oxygens (including phenoxy) is 1. The molecular weight excluding hydrogens is 241 g/mol. The van der Waals surface area contributed by atoms with Gasteiger partial charge in [-0.2, -0.15) is 13.5 Å². The molecule has 5 heteroatoms. The molecule has 0 saturated carbocycles. The normalized spacial score (nSPS) is 7.47. The molecule has 0 radical (unpaired) electrons. The van der Waals surface area contributed by atoms with Crippen molar-refractivity contribution < 1.29 is 29.1 Å². The van der Waals surface area contributed by atoms with E-state index in [0.29, 0.717) is 6.42 Å². The predicted octanol–water partition coefficient (Wildman–Crippen LogP) is 3.00. The standard InChI is InChI=1S/C9H15O2.CH4N.Co.O/c1-3-5-6-7-8-9(10)11-4-2;1-2;;/h4H,1-3,5-8H2;2H,1H3;;/q2*-1;;. The van der Waals surface area contributed by atoms with Crippen LogP contribution in [0.4, 0.5) is 0 Å². The zero-order valence-electron chi connectivity index (χ0n) is 9.09. The van der Waals surface area contributed by atoms with Crippen LogP contribution in [0.15, 0.2) is 12.8 Å². The summed E-state index contributed by atoms with van der Waals surface area (Å²) in [5, 5.41) is 0.